The van der Waals surface area contributed by atoms with Crippen molar-refractivity contribution in [1.82, 2.24) is 0 Å². The lowest BCUT2D eigenvalue weighted by atomic mass is 10.2. The molecule has 0 bridgehead atoms. The standard InChI is InChI=1S/C14H15NO3/c1-3-17-14(16)8-7-12-5-4-6-13(9-12)18-11(2)10-15/h4-9,11H,3H2,1-2H3/b8-7+. The molecule has 0 aromatic heterocycles. The molecule has 0 aliphatic rings. The molecule has 0 saturated carbocycles. The van der Waals surface area contributed by atoms with Gasteiger partial charge in [-0.1, -0.05) is 12.1 Å². The topological polar surface area (TPSA) is 59.3 Å². The van der Waals surface area contributed by atoms with E-state index in [1.807, 2.05) is 12.1 Å². The highest BCUT2D eigenvalue weighted by Crippen LogP contribution is 2.15. The Morgan fingerprint density at radius 1 is 1.56 bits per heavy atom. The van der Waals surface area contributed by atoms with Gasteiger partial charge in [-0.15, -0.1) is 0 Å². The summed E-state index contributed by atoms with van der Waals surface area (Å²) in [4.78, 5) is 11.1. The number of nitrogens with zero attached hydrogens (tertiary/aromatic N) is 1. The Bertz CT molecular complexity index is 474. The van der Waals surface area contributed by atoms with Gasteiger partial charge >= 0.3 is 5.97 Å². The van der Waals surface area contributed by atoms with E-state index >= 15 is 0 Å². The van der Waals surface area contributed by atoms with Crippen LogP contribution >= 0.6 is 0 Å². The van der Waals surface area contributed by atoms with Crippen molar-refractivity contribution in [1.29, 1.82) is 5.26 Å². The maximum atomic E-state index is 11.1. The number of esters is 1. The van der Waals surface area contributed by atoms with Crippen molar-refractivity contribution in [3.05, 3.63) is 35.9 Å². The lowest BCUT2D eigenvalue weighted by molar-refractivity contribution is -0.137. The summed E-state index contributed by atoms with van der Waals surface area (Å²) < 4.78 is 10.1. The van der Waals surface area contributed by atoms with Gasteiger partial charge in [0.05, 0.1) is 6.61 Å². The number of benzene rings is 1. The zero-order chi connectivity index (χ0) is 13.4. The Morgan fingerprint density at radius 2 is 2.33 bits per heavy atom. The highest BCUT2D eigenvalue weighted by Gasteiger charge is 2.01. The molecule has 4 nitrogen and oxygen atoms in total. The molecule has 0 aliphatic carbocycles. The number of rotatable bonds is 5. The van der Waals surface area contributed by atoms with Crippen LogP contribution in [0.1, 0.15) is 19.4 Å². The van der Waals surface area contributed by atoms with Crippen LogP contribution in [0.25, 0.3) is 6.08 Å². The molecule has 0 spiro atoms. The molecule has 18 heavy (non-hydrogen) atoms. The van der Waals surface area contributed by atoms with Crippen LogP contribution in [-0.2, 0) is 9.53 Å². The van der Waals surface area contributed by atoms with Crippen molar-refractivity contribution in [2.24, 2.45) is 0 Å². The minimum absolute atomic E-state index is 0.353. The molecule has 1 atom stereocenters. The first-order valence-electron chi connectivity index (χ1n) is 5.67. The quantitative estimate of drug-likeness (QED) is 0.591. The predicted molar refractivity (Wildman–Crippen MR) is 67.8 cm³/mol. The van der Waals surface area contributed by atoms with E-state index in [1.54, 1.807) is 38.1 Å². The summed E-state index contributed by atoms with van der Waals surface area (Å²) in [5, 5.41) is 8.65. The SMILES string of the molecule is CCOC(=O)/C=C/c1cccc(OC(C)C#N)c1. The van der Waals surface area contributed by atoms with E-state index in [0.29, 0.717) is 12.4 Å². The summed E-state index contributed by atoms with van der Waals surface area (Å²) in [6, 6.07) is 9.13. The van der Waals surface area contributed by atoms with Crippen LogP contribution in [0.15, 0.2) is 30.3 Å². The van der Waals surface area contributed by atoms with Crippen molar-refractivity contribution < 1.29 is 14.3 Å². The van der Waals surface area contributed by atoms with E-state index in [2.05, 4.69) is 0 Å². The van der Waals surface area contributed by atoms with E-state index in [1.165, 1.54) is 6.08 Å². The number of hydrogen-bond donors (Lipinski definition) is 0. The van der Waals surface area contributed by atoms with Crippen LogP contribution in [0.5, 0.6) is 5.75 Å². The maximum Gasteiger partial charge on any atom is 0.330 e. The smallest absolute Gasteiger partial charge is 0.330 e. The minimum atomic E-state index is -0.505. The van der Waals surface area contributed by atoms with Gasteiger partial charge in [0.2, 0.25) is 0 Å². The normalized spacial score (nSPS) is 11.8. The number of nitriles is 1. The Balaban J connectivity index is 2.71. The Labute approximate surface area is 106 Å². The Kier molecular flexibility index (Phi) is 5.46. The lowest BCUT2D eigenvalue weighted by Gasteiger charge is -2.07. The fourth-order valence-electron chi connectivity index (χ4n) is 1.28. The van der Waals surface area contributed by atoms with Crippen molar-refractivity contribution in [2.45, 2.75) is 20.0 Å². The van der Waals surface area contributed by atoms with Crippen molar-refractivity contribution in [3.63, 3.8) is 0 Å². The van der Waals surface area contributed by atoms with Gasteiger partial charge in [0.25, 0.3) is 0 Å². The van der Waals surface area contributed by atoms with Gasteiger partial charge in [-0.25, -0.2) is 4.79 Å². The summed E-state index contributed by atoms with van der Waals surface area (Å²) in [5.41, 5.74) is 0.811. The van der Waals surface area contributed by atoms with Gasteiger partial charge < -0.3 is 9.47 Å². The molecule has 94 valence electrons. The van der Waals surface area contributed by atoms with E-state index < -0.39 is 6.10 Å². The van der Waals surface area contributed by atoms with E-state index in [0.717, 1.165) is 5.56 Å². The zero-order valence-electron chi connectivity index (χ0n) is 10.4. The highest BCUT2D eigenvalue weighted by atomic mass is 16.5. The number of hydrogen-bond acceptors (Lipinski definition) is 4. The first kappa shape index (κ1) is 13.8. The molecule has 4 heteroatoms. The second-order valence-electron chi connectivity index (χ2n) is 3.55. The van der Waals surface area contributed by atoms with Crippen LogP contribution in [0.4, 0.5) is 0 Å². The number of carbonyl (C=O) groups excluding carboxylic acids is 1. The van der Waals surface area contributed by atoms with Gasteiger partial charge in [0, 0.05) is 6.08 Å². The molecule has 1 unspecified atom stereocenters. The number of ether oxygens (including phenoxy) is 2. The number of carbonyl (C=O) groups is 1. The monoisotopic (exact) mass is 245 g/mol. The van der Waals surface area contributed by atoms with Crippen molar-refractivity contribution >= 4 is 12.0 Å². The average molecular weight is 245 g/mol. The predicted octanol–water partition coefficient (Wildman–Crippen LogP) is 2.55. The van der Waals surface area contributed by atoms with Crippen LogP contribution < -0.4 is 4.74 Å². The lowest BCUT2D eigenvalue weighted by Crippen LogP contribution is -2.07. The largest absolute Gasteiger partial charge is 0.476 e. The molecule has 0 heterocycles. The molecule has 1 rings (SSSR count). The van der Waals surface area contributed by atoms with Crippen LogP contribution in [0.2, 0.25) is 0 Å². The summed E-state index contributed by atoms with van der Waals surface area (Å²) in [6.45, 7) is 3.77. The van der Waals surface area contributed by atoms with Gasteiger partial charge in [0.1, 0.15) is 11.8 Å². The average Bonchev–Trinajstić information content (AvgIpc) is 2.37. The second kappa shape index (κ2) is 7.13. The molecule has 0 saturated heterocycles. The summed E-state index contributed by atoms with van der Waals surface area (Å²) >= 11 is 0. The van der Waals surface area contributed by atoms with Crippen LogP contribution in [-0.4, -0.2) is 18.7 Å². The third-order valence-electron chi connectivity index (χ3n) is 2.05. The third-order valence-corrected chi connectivity index (χ3v) is 2.05. The van der Waals surface area contributed by atoms with Gasteiger partial charge in [-0.05, 0) is 37.6 Å². The molecule has 0 fully saturated rings. The molecule has 0 N–H and O–H groups in total. The second-order valence-corrected chi connectivity index (χ2v) is 3.55. The van der Waals surface area contributed by atoms with E-state index in [9.17, 15) is 4.79 Å². The van der Waals surface area contributed by atoms with Crippen molar-refractivity contribution in [2.75, 3.05) is 6.61 Å². The first-order valence-corrected chi connectivity index (χ1v) is 5.67. The molecule has 0 aliphatic heterocycles. The Morgan fingerprint density at radius 3 is 3.00 bits per heavy atom. The highest BCUT2D eigenvalue weighted by molar-refractivity contribution is 5.87. The van der Waals surface area contributed by atoms with Crippen LogP contribution in [0, 0.1) is 11.3 Å². The van der Waals surface area contributed by atoms with Gasteiger partial charge in [0.15, 0.2) is 6.10 Å². The van der Waals surface area contributed by atoms with Crippen LogP contribution in [0.3, 0.4) is 0 Å². The molecule has 1 aromatic carbocycles. The first-order chi connectivity index (χ1) is 8.65. The molecule has 0 radical (unpaired) electrons. The molecule has 0 amide bonds. The molecular weight excluding hydrogens is 230 g/mol. The summed E-state index contributed by atoms with van der Waals surface area (Å²) in [7, 11) is 0. The summed E-state index contributed by atoms with van der Waals surface area (Å²) in [6.07, 6.45) is 2.49. The van der Waals surface area contributed by atoms with E-state index in [-0.39, 0.29) is 5.97 Å². The fourth-order valence-corrected chi connectivity index (χ4v) is 1.28. The Hall–Kier alpha value is -2.28. The fraction of sp³-hybridized carbons (Fsp3) is 0.286. The molecular formula is C14H15NO3. The van der Waals surface area contributed by atoms with Gasteiger partial charge in [-0.2, -0.15) is 5.26 Å². The third kappa shape index (κ3) is 4.71. The van der Waals surface area contributed by atoms with E-state index in [4.69, 9.17) is 14.7 Å². The van der Waals surface area contributed by atoms with Gasteiger partial charge in [-0.3, -0.25) is 0 Å². The minimum Gasteiger partial charge on any atom is -0.476 e. The zero-order valence-corrected chi connectivity index (χ0v) is 10.4. The molecule has 1 aromatic rings. The van der Waals surface area contributed by atoms with Crippen molar-refractivity contribution in [3.8, 4) is 11.8 Å². The maximum absolute atomic E-state index is 11.1. The summed E-state index contributed by atoms with van der Waals surface area (Å²) in [5.74, 6) is 0.212.